The Morgan fingerprint density at radius 3 is 2.42 bits per heavy atom. The number of piperidine rings is 1. The molecule has 0 bridgehead atoms. The van der Waals surface area contributed by atoms with Crippen LogP contribution in [0.4, 0.5) is 4.79 Å². The molecule has 1 N–H and O–H groups in total. The van der Waals surface area contributed by atoms with E-state index in [4.69, 9.17) is 14.5 Å². The van der Waals surface area contributed by atoms with Gasteiger partial charge in [-0.15, -0.1) is 0 Å². The van der Waals surface area contributed by atoms with Crippen LogP contribution in [0.5, 0.6) is 0 Å². The maximum atomic E-state index is 12.3. The highest BCUT2D eigenvalue weighted by molar-refractivity contribution is 5.87. The summed E-state index contributed by atoms with van der Waals surface area (Å²) in [5.41, 5.74) is 5.22. The van der Waals surface area contributed by atoms with E-state index in [-0.39, 0.29) is 6.09 Å². The molecule has 0 spiro atoms. The third-order valence-corrected chi connectivity index (χ3v) is 6.56. The lowest BCUT2D eigenvalue weighted by molar-refractivity contribution is 0.0181. The van der Waals surface area contributed by atoms with Gasteiger partial charge in [-0.3, -0.25) is 0 Å². The Morgan fingerprint density at radius 1 is 1.16 bits per heavy atom. The number of hydrogen-bond donors (Lipinski definition) is 1. The Morgan fingerprint density at radius 2 is 1.82 bits per heavy atom. The average Bonchev–Trinajstić information content (AvgIpc) is 3.31. The third kappa shape index (κ3) is 7.93. The zero-order valence-electron chi connectivity index (χ0n) is 23.5. The first-order chi connectivity index (χ1) is 18.1. The second-order valence-electron chi connectivity index (χ2n) is 10.8. The van der Waals surface area contributed by atoms with E-state index in [9.17, 15) is 4.79 Å². The van der Waals surface area contributed by atoms with Crippen molar-refractivity contribution in [2.24, 2.45) is 5.92 Å². The molecule has 1 fully saturated rings. The van der Waals surface area contributed by atoms with Gasteiger partial charge in [0.1, 0.15) is 5.60 Å². The summed E-state index contributed by atoms with van der Waals surface area (Å²) in [6.07, 6.45) is 7.76. The minimum absolute atomic E-state index is 0.210. The number of nitriles is 1. The molecule has 0 unspecified atom stereocenters. The van der Waals surface area contributed by atoms with Crippen LogP contribution in [0.25, 0.3) is 23.1 Å². The van der Waals surface area contributed by atoms with Crippen molar-refractivity contribution in [1.82, 2.24) is 15.4 Å². The number of benzene rings is 2. The molecule has 1 aromatic heterocycles. The maximum Gasteiger partial charge on any atom is 0.410 e. The second kappa shape index (κ2) is 13.3. The van der Waals surface area contributed by atoms with Crippen molar-refractivity contribution in [3.8, 4) is 6.07 Å². The monoisotopic (exact) mass is 516 g/mol. The zero-order chi connectivity index (χ0) is 27.7. The van der Waals surface area contributed by atoms with E-state index in [1.807, 2.05) is 70.1 Å². The van der Waals surface area contributed by atoms with Crippen molar-refractivity contribution in [2.75, 3.05) is 27.2 Å². The average molecular weight is 517 g/mol. The molecule has 0 aliphatic carbocycles. The largest absolute Gasteiger partial charge is 0.444 e. The molecule has 1 aliphatic heterocycles. The molecule has 7 heteroatoms. The minimum atomic E-state index is -0.459. The van der Waals surface area contributed by atoms with Gasteiger partial charge in [0, 0.05) is 24.0 Å². The number of carbonyl (C=O) groups excluding carboxylic acids is 1. The van der Waals surface area contributed by atoms with Crippen molar-refractivity contribution in [1.29, 1.82) is 5.26 Å². The lowest BCUT2D eigenvalue weighted by Gasteiger charge is -2.33. The molecular formula is C31H40N4O3. The zero-order valence-corrected chi connectivity index (χ0v) is 23.5. The number of nitrogens with zero attached hydrogens (tertiary/aromatic N) is 3. The molecule has 0 saturated carbocycles. The first-order valence-electron chi connectivity index (χ1n) is 13.3. The summed E-state index contributed by atoms with van der Waals surface area (Å²) in [7, 11) is 3.75. The second-order valence-corrected chi connectivity index (χ2v) is 10.8. The van der Waals surface area contributed by atoms with Gasteiger partial charge in [-0.1, -0.05) is 35.5 Å². The molecule has 0 radical (unpaired) electrons. The SMILES string of the molecule is CNC.Cc1c(C=Cc2ccc(C#N)cc2)ccc2c(CCC3CCN(C(=O)OC(C)(C)C)CC3)noc12. The van der Waals surface area contributed by atoms with Crippen molar-refractivity contribution in [2.45, 2.75) is 59.0 Å². The lowest BCUT2D eigenvalue weighted by Crippen LogP contribution is -2.41. The number of fused-ring (bicyclic) bond motifs is 1. The van der Waals surface area contributed by atoms with Crippen LogP contribution in [0, 0.1) is 24.2 Å². The predicted molar refractivity (Wildman–Crippen MR) is 153 cm³/mol. The molecule has 1 saturated heterocycles. The number of aromatic nitrogens is 1. The number of hydrogen-bond acceptors (Lipinski definition) is 6. The van der Waals surface area contributed by atoms with Gasteiger partial charge in [-0.2, -0.15) is 5.26 Å². The smallest absolute Gasteiger partial charge is 0.410 e. The summed E-state index contributed by atoms with van der Waals surface area (Å²) in [4.78, 5) is 14.1. The fraction of sp³-hybridized carbons (Fsp3) is 0.452. The van der Waals surface area contributed by atoms with E-state index in [1.54, 1.807) is 0 Å². The molecule has 0 atom stereocenters. The Labute approximate surface area is 226 Å². The number of likely N-dealkylation sites (tertiary alicyclic amines) is 1. The Hall–Kier alpha value is -3.63. The van der Waals surface area contributed by atoms with Crippen molar-refractivity contribution in [3.63, 3.8) is 0 Å². The molecule has 1 aliphatic rings. The third-order valence-electron chi connectivity index (χ3n) is 6.56. The summed E-state index contributed by atoms with van der Waals surface area (Å²) >= 11 is 0. The normalized spacial score (nSPS) is 14.3. The fourth-order valence-electron chi connectivity index (χ4n) is 4.49. The molecule has 202 valence electrons. The van der Waals surface area contributed by atoms with Crippen LogP contribution in [0.15, 0.2) is 40.9 Å². The summed E-state index contributed by atoms with van der Waals surface area (Å²) < 4.78 is 11.2. The molecule has 3 aromatic rings. The number of ether oxygens (including phenoxy) is 1. The van der Waals surface area contributed by atoms with Crippen molar-refractivity contribution < 1.29 is 14.1 Å². The molecule has 4 rings (SSSR count). The van der Waals surface area contributed by atoms with Crippen LogP contribution in [0.1, 0.15) is 68.0 Å². The van der Waals surface area contributed by atoms with E-state index >= 15 is 0 Å². The van der Waals surface area contributed by atoms with Gasteiger partial charge in [0.2, 0.25) is 0 Å². The van der Waals surface area contributed by atoms with E-state index in [0.717, 1.165) is 72.1 Å². The van der Waals surface area contributed by atoms with Crippen molar-refractivity contribution in [3.05, 3.63) is 64.3 Å². The quantitative estimate of drug-likeness (QED) is 0.385. The summed E-state index contributed by atoms with van der Waals surface area (Å²) in [5, 5.41) is 17.2. The molecule has 38 heavy (non-hydrogen) atoms. The highest BCUT2D eigenvalue weighted by Crippen LogP contribution is 2.29. The minimum Gasteiger partial charge on any atom is -0.444 e. The number of aryl methyl sites for hydroxylation is 2. The van der Waals surface area contributed by atoms with Crippen LogP contribution in [-0.4, -0.2) is 48.9 Å². The van der Waals surface area contributed by atoms with Crippen LogP contribution in [0.3, 0.4) is 0 Å². The van der Waals surface area contributed by atoms with Gasteiger partial charge in [0.05, 0.1) is 17.3 Å². The Bertz CT molecular complexity index is 1270. The van der Waals surface area contributed by atoms with Gasteiger partial charge >= 0.3 is 6.09 Å². The summed E-state index contributed by atoms with van der Waals surface area (Å²) in [6, 6.07) is 13.9. The lowest BCUT2D eigenvalue weighted by atomic mass is 9.91. The highest BCUT2D eigenvalue weighted by atomic mass is 16.6. The molecule has 2 heterocycles. The molecule has 2 aromatic carbocycles. The predicted octanol–water partition coefficient (Wildman–Crippen LogP) is 6.59. The first-order valence-corrected chi connectivity index (χ1v) is 13.3. The first kappa shape index (κ1) is 28.9. The summed E-state index contributed by atoms with van der Waals surface area (Å²) in [5.74, 6) is 0.566. The molecule has 7 nitrogen and oxygen atoms in total. The van der Waals surface area contributed by atoms with Crippen LogP contribution < -0.4 is 5.32 Å². The van der Waals surface area contributed by atoms with E-state index in [2.05, 4.69) is 41.7 Å². The van der Waals surface area contributed by atoms with Gasteiger partial charge < -0.3 is 19.5 Å². The van der Waals surface area contributed by atoms with Crippen LogP contribution >= 0.6 is 0 Å². The number of amides is 1. The van der Waals surface area contributed by atoms with E-state index in [0.29, 0.717) is 11.5 Å². The maximum absolute atomic E-state index is 12.3. The number of carbonyl (C=O) groups is 1. The summed E-state index contributed by atoms with van der Waals surface area (Å²) in [6.45, 7) is 9.24. The number of nitrogens with one attached hydrogen (secondary N) is 1. The number of rotatable bonds is 5. The van der Waals surface area contributed by atoms with Crippen molar-refractivity contribution >= 4 is 29.2 Å². The topological polar surface area (TPSA) is 91.4 Å². The molecule has 1 amide bonds. The van der Waals surface area contributed by atoms with Gasteiger partial charge in [-0.25, -0.2) is 4.79 Å². The Balaban J connectivity index is 0.00000127. The van der Waals surface area contributed by atoms with Gasteiger partial charge in [0.25, 0.3) is 0 Å². The van der Waals surface area contributed by atoms with Crippen LogP contribution in [0.2, 0.25) is 0 Å². The standard InChI is InChI=1S/C29H33N3O3.C2H7N/c1-20-24(11-9-21-5-7-23(19-30)8-6-21)12-13-25-26(31-35-27(20)25)14-10-22-15-17-32(18-16-22)28(33)34-29(2,3)4;1-3-2/h5-9,11-13,22H,10,14-18H2,1-4H3;3H,1-2H3. The van der Waals surface area contributed by atoms with Crippen LogP contribution in [-0.2, 0) is 11.2 Å². The fourth-order valence-corrected chi connectivity index (χ4v) is 4.49. The Kier molecular flexibility index (Phi) is 10.1. The van der Waals surface area contributed by atoms with Gasteiger partial charge in [-0.05, 0) is 103 Å². The van der Waals surface area contributed by atoms with Gasteiger partial charge in [0.15, 0.2) is 5.58 Å². The highest BCUT2D eigenvalue weighted by Gasteiger charge is 2.27. The van der Waals surface area contributed by atoms with E-state index < -0.39 is 5.60 Å². The molecular weight excluding hydrogens is 476 g/mol. The van der Waals surface area contributed by atoms with E-state index in [1.165, 1.54) is 0 Å².